The highest BCUT2D eigenvalue weighted by molar-refractivity contribution is 7.07. The van der Waals surface area contributed by atoms with E-state index in [9.17, 15) is 4.39 Å². The average molecular weight is 271 g/mol. The van der Waals surface area contributed by atoms with Crippen LogP contribution in [0.25, 0.3) is 0 Å². The molecular weight excluding hydrogens is 259 g/mol. The second kappa shape index (κ2) is 5.47. The number of anilines is 1. The van der Waals surface area contributed by atoms with Crippen LogP contribution >= 0.6 is 22.9 Å². The summed E-state index contributed by atoms with van der Waals surface area (Å²) in [7, 11) is 1.91. The third-order valence-electron chi connectivity index (χ3n) is 2.52. The molecule has 90 valence electrons. The van der Waals surface area contributed by atoms with Crippen molar-refractivity contribution in [1.82, 2.24) is 4.98 Å². The summed E-state index contributed by atoms with van der Waals surface area (Å²) in [5, 5.41) is 1.98. The summed E-state index contributed by atoms with van der Waals surface area (Å²) >= 11 is 7.34. The summed E-state index contributed by atoms with van der Waals surface area (Å²) in [4.78, 5) is 6.16. The van der Waals surface area contributed by atoms with E-state index in [1.54, 1.807) is 22.9 Å². The fourth-order valence-corrected chi connectivity index (χ4v) is 2.50. The van der Waals surface area contributed by atoms with E-state index in [1.807, 2.05) is 23.4 Å². The molecule has 2 aromatic rings. The molecule has 1 aromatic heterocycles. The number of aromatic nitrogens is 1. The van der Waals surface area contributed by atoms with Crippen LogP contribution in [-0.4, -0.2) is 12.0 Å². The van der Waals surface area contributed by atoms with Gasteiger partial charge in [-0.15, -0.1) is 22.9 Å². The van der Waals surface area contributed by atoms with Crippen molar-refractivity contribution < 1.29 is 4.39 Å². The predicted octanol–water partition coefficient (Wildman–Crippen LogP) is 3.66. The number of alkyl halides is 1. The van der Waals surface area contributed by atoms with E-state index < -0.39 is 0 Å². The molecule has 0 unspecified atom stereocenters. The Labute approximate surface area is 109 Å². The minimum absolute atomic E-state index is 0.170. The van der Waals surface area contributed by atoms with Crippen LogP contribution in [-0.2, 0) is 12.4 Å². The zero-order chi connectivity index (χ0) is 12.3. The topological polar surface area (TPSA) is 16.1 Å². The fraction of sp³-hybridized carbons (Fsp3) is 0.250. The van der Waals surface area contributed by atoms with E-state index in [4.69, 9.17) is 11.6 Å². The number of benzene rings is 1. The number of halogens is 2. The second-order valence-electron chi connectivity index (χ2n) is 3.71. The summed E-state index contributed by atoms with van der Waals surface area (Å²) in [6.45, 7) is 0.650. The van der Waals surface area contributed by atoms with Crippen molar-refractivity contribution in [2.24, 2.45) is 0 Å². The molecule has 2 rings (SSSR count). The standard InChI is InChI=1S/C12H12ClFN2S/c1-16(6-9-7-17-8-15-9)12-4-2-3-11(14)10(12)5-13/h2-4,7-8H,5-6H2,1H3. The maximum absolute atomic E-state index is 13.6. The Balaban J connectivity index is 2.24. The normalized spacial score (nSPS) is 10.5. The van der Waals surface area contributed by atoms with Crippen LogP contribution in [0.5, 0.6) is 0 Å². The average Bonchev–Trinajstić information content (AvgIpc) is 2.81. The zero-order valence-electron chi connectivity index (χ0n) is 9.36. The molecule has 0 fully saturated rings. The number of rotatable bonds is 4. The van der Waals surface area contributed by atoms with Crippen molar-refractivity contribution in [3.05, 3.63) is 46.2 Å². The van der Waals surface area contributed by atoms with Crippen LogP contribution in [0.4, 0.5) is 10.1 Å². The molecule has 0 aliphatic heterocycles. The Morgan fingerprint density at radius 3 is 2.94 bits per heavy atom. The fourth-order valence-electron chi connectivity index (χ4n) is 1.68. The van der Waals surface area contributed by atoms with E-state index in [0.29, 0.717) is 12.1 Å². The van der Waals surface area contributed by atoms with Gasteiger partial charge in [-0.25, -0.2) is 9.37 Å². The minimum Gasteiger partial charge on any atom is -0.368 e. The molecule has 2 nitrogen and oxygen atoms in total. The van der Waals surface area contributed by atoms with Crippen molar-refractivity contribution in [2.45, 2.75) is 12.4 Å². The first kappa shape index (κ1) is 12.3. The molecule has 0 saturated carbocycles. The molecule has 0 amide bonds. The van der Waals surface area contributed by atoms with Crippen molar-refractivity contribution in [2.75, 3.05) is 11.9 Å². The molecule has 17 heavy (non-hydrogen) atoms. The first-order valence-electron chi connectivity index (χ1n) is 5.14. The molecule has 0 radical (unpaired) electrons. The van der Waals surface area contributed by atoms with Gasteiger partial charge in [0.25, 0.3) is 0 Å². The highest BCUT2D eigenvalue weighted by atomic mass is 35.5. The monoisotopic (exact) mass is 270 g/mol. The lowest BCUT2D eigenvalue weighted by molar-refractivity contribution is 0.616. The van der Waals surface area contributed by atoms with E-state index >= 15 is 0 Å². The molecule has 0 aliphatic rings. The molecule has 0 bridgehead atoms. The smallest absolute Gasteiger partial charge is 0.129 e. The highest BCUT2D eigenvalue weighted by Crippen LogP contribution is 2.25. The maximum Gasteiger partial charge on any atom is 0.129 e. The van der Waals surface area contributed by atoms with E-state index in [2.05, 4.69) is 4.98 Å². The van der Waals surface area contributed by atoms with Gasteiger partial charge in [0.2, 0.25) is 0 Å². The Morgan fingerprint density at radius 2 is 2.29 bits per heavy atom. The Morgan fingerprint density at radius 1 is 1.47 bits per heavy atom. The van der Waals surface area contributed by atoms with E-state index in [0.717, 1.165) is 11.4 Å². The van der Waals surface area contributed by atoms with Gasteiger partial charge in [0.05, 0.1) is 23.6 Å². The Hall–Kier alpha value is -1.13. The number of thiazole rings is 1. The van der Waals surface area contributed by atoms with Gasteiger partial charge in [0.1, 0.15) is 5.82 Å². The third kappa shape index (κ3) is 2.76. The van der Waals surface area contributed by atoms with Crippen LogP contribution in [0.15, 0.2) is 29.1 Å². The lowest BCUT2D eigenvalue weighted by atomic mass is 10.1. The number of nitrogens with zero attached hydrogens (tertiary/aromatic N) is 2. The first-order chi connectivity index (χ1) is 8.22. The summed E-state index contributed by atoms with van der Waals surface area (Å²) in [6, 6.07) is 4.99. The molecule has 1 heterocycles. The summed E-state index contributed by atoms with van der Waals surface area (Å²) in [5.41, 5.74) is 4.11. The van der Waals surface area contributed by atoms with Gasteiger partial charge in [-0.1, -0.05) is 6.07 Å². The van der Waals surface area contributed by atoms with Crippen molar-refractivity contribution in [1.29, 1.82) is 0 Å². The molecule has 5 heteroatoms. The van der Waals surface area contributed by atoms with Gasteiger partial charge in [0, 0.05) is 23.7 Å². The van der Waals surface area contributed by atoms with Crippen LogP contribution in [0.2, 0.25) is 0 Å². The van der Waals surface area contributed by atoms with Crippen molar-refractivity contribution in [3.63, 3.8) is 0 Å². The predicted molar refractivity (Wildman–Crippen MR) is 70.2 cm³/mol. The quantitative estimate of drug-likeness (QED) is 0.789. The maximum atomic E-state index is 13.6. The van der Waals surface area contributed by atoms with Gasteiger partial charge < -0.3 is 4.90 Å². The largest absolute Gasteiger partial charge is 0.368 e. The van der Waals surface area contributed by atoms with Crippen LogP contribution < -0.4 is 4.90 Å². The first-order valence-corrected chi connectivity index (χ1v) is 6.61. The molecule has 0 saturated heterocycles. The Kier molecular flexibility index (Phi) is 3.97. The van der Waals surface area contributed by atoms with Crippen LogP contribution in [0, 0.1) is 5.82 Å². The lowest BCUT2D eigenvalue weighted by Crippen LogP contribution is -2.18. The van der Waals surface area contributed by atoms with Crippen molar-refractivity contribution >= 4 is 28.6 Å². The second-order valence-corrected chi connectivity index (χ2v) is 4.69. The SMILES string of the molecule is CN(Cc1cscn1)c1cccc(F)c1CCl. The minimum atomic E-state index is -0.261. The third-order valence-corrected chi connectivity index (χ3v) is 3.42. The highest BCUT2D eigenvalue weighted by Gasteiger charge is 2.11. The molecular formula is C12H12ClFN2S. The van der Waals surface area contributed by atoms with Gasteiger partial charge in [-0.2, -0.15) is 0 Å². The molecule has 1 aromatic carbocycles. The van der Waals surface area contributed by atoms with Gasteiger partial charge >= 0.3 is 0 Å². The molecule has 0 spiro atoms. The summed E-state index contributed by atoms with van der Waals surface area (Å²) < 4.78 is 13.6. The van der Waals surface area contributed by atoms with Crippen LogP contribution in [0.3, 0.4) is 0 Å². The molecule has 0 aliphatic carbocycles. The lowest BCUT2D eigenvalue weighted by Gasteiger charge is -2.21. The van der Waals surface area contributed by atoms with Gasteiger partial charge in [-0.05, 0) is 12.1 Å². The van der Waals surface area contributed by atoms with Gasteiger partial charge in [-0.3, -0.25) is 0 Å². The summed E-state index contributed by atoms with van der Waals surface area (Å²) in [5.74, 6) is -0.0914. The molecule has 0 N–H and O–H groups in total. The summed E-state index contributed by atoms with van der Waals surface area (Å²) in [6.07, 6.45) is 0. The van der Waals surface area contributed by atoms with Crippen LogP contribution in [0.1, 0.15) is 11.3 Å². The number of hydrogen-bond acceptors (Lipinski definition) is 3. The Bertz CT molecular complexity index is 487. The van der Waals surface area contributed by atoms with E-state index in [1.165, 1.54) is 6.07 Å². The van der Waals surface area contributed by atoms with Gasteiger partial charge in [0.15, 0.2) is 0 Å². The van der Waals surface area contributed by atoms with E-state index in [-0.39, 0.29) is 11.7 Å². The molecule has 0 atom stereocenters. The number of hydrogen-bond donors (Lipinski definition) is 0. The zero-order valence-corrected chi connectivity index (χ0v) is 10.9. The van der Waals surface area contributed by atoms with Crippen molar-refractivity contribution in [3.8, 4) is 0 Å².